The van der Waals surface area contributed by atoms with Crippen LogP contribution in [0.25, 0.3) is 10.8 Å². The summed E-state index contributed by atoms with van der Waals surface area (Å²) in [5, 5.41) is 5.11. The number of carbonyl (C=O) groups excluding carboxylic acids is 2. The van der Waals surface area contributed by atoms with Crippen molar-refractivity contribution < 1.29 is 23.5 Å². The summed E-state index contributed by atoms with van der Waals surface area (Å²) in [7, 11) is -2.40. The van der Waals surface area contributed by atoms with Crippen molar-refractivity contribution in [2.45, 2.75) is 82.8 Å². The molecule has 8 heteroatoms. The Labute approximate surface area is 237 Å². The minimum Gasteiger partial charge on any atom is -0.447 e. The van der Waals surface area contributed by atoms with Gasteiger partial charge in [-0.05, 0) is 44.6 Å². The van der Waals surface area contributed by atoms with Gasteiger partial charge in [0.1, 0.15) is 18.8 Å². The number of amides is 2. The van der Waals surface area contributed by atoms with Crippen LogP contribution in [-0.4, -0.2) is 44.3 Å². The van der Waals surface area contributed by atoms with Crippen molar-refractivity contribution in [3.63, 3.8) is 0 Å². The van der Waals surface area contributed by atoms with Crippen molar-refractivity contribution in [1.29, 1.82) is 0 Å². The smallest absolute Gasteiger partial charge is 0.411 e. The Balaban J connectivity index is 1.57. The normalized spacial score (nSPS) is 23.8. The number of ether oxygens (including phenoxy) is 2. The first-order valence-electron chi connectivity index (χ1n) is 14.3. The molecule has 0 spiro atoms. The topological polar surface area (TPSA) is 77.1 Å². The van der Waals surface area contributed by atoms with E-state index in [4.69, 9.17) is 13.9 Å². The lowest BCUT2D eigenvalue weighted by Crippen LogP contribution is -2.63. The van der Waals surface area contributed by atoms with Crippen LogP contribution in [0.1, 0.15) is 64.8 Å². The highest BCUT2D eigenvalue weighted by Crippen LogP contribution is 2.45. The monoisotopic (exact) mass is 560 g/mol. The Morgan fingerprint density at radius 1 is 0.825 bits per heavy atom. The van der Waals surface area contributed by atoms with Crippen molar-refractivity contribution in [3.05, 3.63) is 83.9 Å². The Kier molecular flexibility index (Phi) is 8.04. The van der Waals surface area contributed by atoms with E-state index in [1.807, 2.05) is 72.8 Å². The molecule has 0 bridgehead atoms. The second-order valence-electron chi connectivity index (χ2n) is 11.8. The Morgan fingerprint density at radius 3 is 2.10 bits per heavy atom. The minimum absolute atomic E-state index is 0.168. The fraction of sp³-hybridized carbons (Fsp3) is 0.438. The van der Waals surface area contributed by atoms with Crippen molar-refractivity contribution in [2.24, 2.45) is 0 Å². The molecule has 40 heavy (non-hydrogen) atoms. The van der Waals surface area contributed by atoms with Crippen LogP contribution in [0.2, 0.25) is 16.6 Å². The average molecular weight is 561 g/mol. The number of cyclic esters (lactones) is 1. The van der Waals surface area contributed by atoms with Crippen LogP contribution < -0.4 is 5.32 Å². The van der Waals surface area contributed by atoms with Gasteiger partial charge in [0.05, 0.1) is 6.04 Å². The summed E-state index contributed by atoms with van der Waals surface area (Å²) in [6.07, 6.45) is -2.20. The number of nitrogens with one attached hydrogen (secondary N) is 1. The number of benzene rings is 3. The maximum atomic E-state index is 14.1. The summed E-state index contributed by atoms with van der Waals surface area (Å²) in [5.41, 5.74) is 2.63. The van der Waals surface area contributed by atoms with E-state index in [1.54, 1.807) is 4.90 Å². The molecule has 4 atom stereocenters. The van der Waals surface area contributed by atoms with Crippen LogP contribution in [0.4, 0.5) is 4.79 Å². The van der Waals surface area contributed by atoms with E-state index >= 15 is 0 Å². The molecule has 2 amide bonds. The fourth-order valence-corrected chi connectivity index (χ4v) is 12.1. The highest BCUT2D eigenvalue weighted by Gasteiger charge is 2.53. The van der Waals surface area contributed by atoms with Crippen molar-refractivity contribution in [2.75, 3.05) is 6.61 Å². The van der Waals surface area contributed by atoms with E-state index in [9.17, 15) is 9.59 Å². The molecule has 2 aliphatic rings. The molecule has 2 unspecified atom stereocenters. The van der Waals surface area contributed by atoms with Gasteiger partial charge in [0.15, 0.2) is 0 Å². The molecule has 0 aliphatic carbocycles. The van der Waals surface area contributed by atoms with Crippen LogP contribution in [0.5, 0.6) is 0 Å². The van der Waals surface area contributed by atoms with E-state index in [0.717, 1.165) is 21.9 Å². The average Bonchev–Trinajstić information content (AvgIpc) is 3.31. The maximum absolute atomic E-state index is 14.1. The standard InChI is InChI=1S/C32H40N2O5Si/c1-20(2)40(21(3)4,22(5)6)39-31-33-30(35)28(34-27(19-37-32(34)36)24-13-8-7-9-14-24)29(38-31)26-17-16-23-12-10-11-15-25(23)18-26/h7-18,20-22,27-29,31H,19H2,1-6H3,(H,33,35)/t27-,28?,29?,31-/m1/s1. The molecule has 3 aromatic rings. The summed E-state index contributed by atoms with van der Waals surface area (Å²) in [6.45, 7) is 13.4. The third kappa shape index (κ3) is 5.04. The van der Waals surface area contributed by atoms with Gasteiger partial charge in [-0.25, -0.2) is 4.79 Å². The Hall–Kier alpha value is -3.20. The number of rotatable bonds is 8. The van der Waals surface area contributed by atoms with Crippen LogP contribution in [0, 0.1) is 0 Å². The van der Waals surface area contributed by atoms with E-state index in [0.29, 0.717) is 16.6 Å². The Bertz CT molecular complexity index is 1340. The van der Waals surface area contributed by atoms with Crippen LogP contribution in [0.3, 0.4) is 0 Å². The number of carbonyl (C=O) groups is 2. The van der Waals surface area contributed by atoms with E-state index in [2.05, 4.69) is 46.9 Å². The van der Waals surface area contributed by atoms with Crippen molar-refractivity contribution >= 4 is 31.1 Å². The van der Waals surface area contributed by atoms with E-state index < -0.39 is 39.0 Å². The summed E-state index contributed by atoms with van der Waals surface area (Å²) >= 11 is 0. The largest absolute Gasteiger partial charge is 0.447 e. The zero-order valence-corrected chi connectivity index (χ0v) is 25.2. The molecule has 2 saturated heterocycles. The quantitative estimate of drug-likeness (QED) is 0.298. The second kappa shape index (κ2) is 11.3. The van der Waals surface area contributed by atoms with Crippen LogP contribution in [-0.2, 0) is 18.7 Å². The lowest BCUT2D eigenvalue weighted by molar-refractivity contribution is -0.198. The molecule has 2 heterocycles. The minimum atomic E-state index is -2.40. The molecule has 3 aromatic carbocycles. The van der Waals surface area contributed by atoms with Gasteiger partial charge in [-0.3, -0.25) is 9.69 Å². The van der Waals surface area contributed by atoms with Crippen molar-refractivity contribution in [1.82, 2.24) is 10.2 Å². The molecular formula is C32H40N2O5Si. The van der Waals surface area contributed by atoms with Crippen LogP contribution in [0.15, 0.2) is 72.8 Å². The summed E-state index contributed by atoms with van der Waals surface area (Å²) in [5.74, 6) is -0.312. The first kappa shape index (κ1) is 28.3. The molecule has 7 nitrogen and oxygen atoms in total. The SMILES string of the molecule is CC(C)[Si](O[C@@H]1NC(=O)C(N2C(=O)OC[C@@H]2c2ccccc2)C(c2ccc3ccccc3c2)O1)(C(C)C)C(C)C. The number of fused-ring (bicyclic) bond motifs is 1. The van der Waals surface area contributed by atoms with E-state index in [-0.39, 0.29) is 12.5 Å². The zero-order valence-electron chi connectivity index (χ0n) is 24.2. The van der Waals surface area contributed by atoms with Gasteiger partial charge in [0.25, 0.3) is 0 Å². The number of hydrogen-bond acceptors (Lipinski definition) is 5. The summed E-state index contributed by atoms with van der Waals surface area (Å²) in [4.78, 5) is 28.8. The molecule has 0 aromatic heterocycles. The third-order valence-corrected chi connectivity index (χ3v) is 14.6. The molecule has 212 valence electrons. The lowest BCUT2D eigenvalue weighted by atomic mass is 9.94. The first-order chi connectivity index (χ1) is 19.1. The number of hydrogen-bond donors (Lipinski definition) is 1. The molecule has 5 rings (SSSR count). The van der Waals surface area contributed by atoms with Gasteiger partial charge < -0.3 is 19.2 Å². The molecular weight excluding hydrogens is 520 g/mol. The number of nitrogens with zero attached hydrogens (tertiary/aromatic N) is 1. The van der Waals surface area contributed by atoms with Gasteiger partial charge in [0, 0.05) is 0 Å². The van der Waals surface area contributed by atoms with Gasteiger partial charge >= 0.3 is 6.09 Å². The Morgan fingerprint density at radius 2 is 1.45 bits per heavy atom. The molecule has 0 saturated carbocycles. The van der Waals surface area contributed by atoms with Gasteiger partial charge in [-0.15, -0.1) is 0 Å². The lowest BCUT2D eigenvalue weighted by Gasteiger charge is -2.47. The first-order valence-corrected chi connectivity index (χ1v) is 16.4. The van der Waals surface area contributed by atoms with Crippen molar-refractivity contribution in [3.8, 4) is 0 Å². The predicted octanol–water partition coefficient (Wildman–Crippen LogP) is 7.07. The third-order valence-electron chi connectivity index (χ3n) is 8.60. The van der Waals surface area contributed by atoms with Crippen LogP contribution >= 0.6 is 0 Å². The predicted molar refractivity (Wildman–Crippen MR) is 158 cm³/mol. The molecule has 2 aliphatic heterocycles. The second-order valence-corrected chi connectivity index (χ2v) is 17.2. The molecule has 1 N–H and O–H groups in total. The van der Waals surface area contributed by atoms with Gasteiger partial charge in [-0.1, -0.05) is 108 Å². The van der Waals surface area contributed by atoms with E-state index in [1.165, 1.54) is 0 Å². The highest BCUT2D eigenvalue weighted by molar-refractivity contribution is 6.77. The summed E-state index contributed by atoms with van der Waals surface area (Å²) < 4.78 is 19.1. The maximum Gasteiger partial charge on any atom is 0.411 e. The van der Waals surface area contributed by atoms with Gasteiger partial charge in [-0.2, -0.15) is 0 Å². The highest BCUT2D eigenvalue weighted by atomic mass is 28.4. The molecule has 0 radical (unpaired) electrons. The summed E-state index contributed by atoms with van der Waals surface area (Å²) in [6, 6.07) is 22.4. The fourth-order valence-electron chi connectivity index (χ4n) is 6.82. The zero-order chi connectivity index (χ0) is 28.6. The molecule has 2 fully saturated rings. The van der Waals surface area contributed by atoms with Gasteiger partial charge in [0.2, 0.25) is 20.6 Å².